The van der Waals surface area contributed by atoms with Gasteiger partial charge in [0.05, 0.1) is 0 Å². The lowest BCUT2D eigenvalue weighted by atomic mass is 9.99. The van der Waals surface area contributed by atoms with Crippen LogP contribution in [0.3, 0.4) is 0 Å². The number of fused-ring (bicyclic) bond motifs is 1. The van der Waals surface area contributed by atoms with E-state index in [0.717, 1.165) is 36.7 Å². The summed E-state index contributed by atoms with van der Waals surface area (Å²) in [7, 11) is 0. The first-order valence-electron chi connectivity index (χ1n) is 8.55. The van der Waals surface area contributed by atoms with Crippen molar-refractivity contribution in [3.8, 4) is 11.5 Å². The second kappa shape index (κ2) is 6.36. The number of hydrogen-bond donors (Lipinski definition) is 0. The van der Waals surface area contributed by atoms with Gasteiger partial charge in [0.1, 0.15) is 11.3 Å². The molecule has 0 N–H and O–H groups in total. The van der Waals surface area contributed by atoms with Crippen LogP contribution in [0, 0.1) is 11.7 Å². The van der Waals surface area contributed by atoms with E-state index in [2.05, 4.69) is 28.9 Å². The maximum absolute atomic E-state index is 13.4. The molecule has 0 unspecified atom stereocenters. The molecule has 2 aromatic carbocycles. The molecule has 1 saturated heterocycles. The van der Waals surface area contributed by atoms with Gasteiger partial charge in [0, 0.05) is 12.1 Å². The fraction of sp³-hybridized carbons (Fsp3) is 0.350. The van der Waals surface area contributed by atoms with Crippen molar-refractivity contribution in [1.29, 1.82) is 0 Å². The third-order valence-electron chi connectivity index (χ3n) is 4.81. The van der Waals surface area contributed by atoms with E-state index >= 15 is 0 Å². The lowest BCUT2D eigenvalue weighted by Crippen LogP contribution is -2.32. The number of halogens is 1. The van der Waals surface area contributed by atoms with E-state index in [0.29, 0.717) is 11.5 Å². The highest BCUT2D eigenvalue weighted by molar-refractivity contribution is 5.76. The number of oxazole rings is 1. The first-order valence-corrected chi connectivity index (χ1v) is 8.55. The molecule has 1 fully saturated rings. The zero-order chi connectivity index (χ0) is 16.5. The summed E-state index contributed by atoms with van der Waals surface area (Å²) in [6, 6.07) is 12.5. The number of benzene rings is 2. The summed E-state index contributed by atoms with van der Waals surface area (Å²) in [5.41, 5.74) is 3.48. The first-order chi connectivity index (χ1) is 11.7. The van der Waals surface area contributed by atoms with Crippen LogP contribution in [0.1, 0.15) is 25.3 Å². The van der Waals surface area contributed by atoms with E-state index in [4.69, 9.17) is 4.42 Å². The van der Waals surface area contributed by atoms with Crippen molar-refractivity contribution in [3.05, 3.63) is 53.8 Å². The van der Waals surface area contributed by atoms with Gasteiger partial charge >= 0.3 is 0 Å². The van der Waals surface area contributed by atoms with E-state index in [1.165, 1.54) is 30.5 Å². The smallest absolute Gasteiger partial charge is 0.227 e. The largest absolute Gasteiger partial charge is 0.436 e. The third-order valence-corrected chi connectivity index (χ3v) is 4.81. The van der Waals surface area contributed by atoms with Gasteiger partial charge in [-0.25, -0.2) is 9.37 Å². The lowest BCUT2D eigenvalue weighted by Gasteiger charge is -2.30. The van der Waals surface area contributed by atoms with Crippen LogP contribution in [0.4, 0.5) is 4.39 Å². The summed E-state index contributed by atoms with van der Waals surface area (Å²) < 4.78 is 19.2. The van der Waals surface area contributed by atoms with Crippen molar-refractivity contribution in [2.45, 2.75) is 26.3 Å². The molecule has 4 heteroatoms. The van der Waals surface area contributed by atoms with Gasteiger partial charge in [-0.15, -0.1) is 0 Å². The van der Waals surface area contributed by atoms with Crippen LogP contribution < -0.4 is 0 Å². The summed E-state index contributed by atoms with van der Waals surface area (Å²) in [4.78, 5) is 7.03. The van der Waals surface area contributed by atoms with Crippen LogP contribution in [0.5, 0.6) is 0 Å². The fourth-order valence-corrected chi connectivity index (χ4v) is 3.29. The highest BCUT2D eigenvalue weighted by Gasteiger charge is 2.16. The van der Waals surface area contributed by atoms with Gasteiger partial charge in [0.2, 0.25) is 5.89 Å². The van der Waals surface area contributed by atoms with Crippen molar-refractivity contribution < 1.29 is 8.81 Å². The Bertz CT molecular complexity index is 850. The number of hydrogen-bond acceptors (Lipinski definition) is 3. The van der Waals surface area contributed by atoms with Gasteiger partial charge in [-0.3, -0.25) is 4.90 Å². The van der Waals surface area contributed by atoms with Gasteiger partial charge in [-0.1, -0.05) is 19.1 Å². The van der Waals surface area contributed by atoms with E-state index < -0.39 is 0 Å². The summed E-state index contributed by atoms with van der Waals surface area (Å²) in [6.45, 7) is 5.59. The Kier molecular flexibility index (Phi) is 4.07. The zero-order valence-electron chi connectivity index (χ0n) is 13.8. The Labute approximate surface area is 141 Å². The van der Waals surface area contributed by atoms with Crippen molar-refractivity contribution >= 4 is 11.1 Å². The number of likely N-dealkylation sites (tertiary alicyclic amines) is 1. The summed E-state index contributed by atoms with van der Waals surface area (Å²) >= 11 is 0. The molecule has 4 rings (SSSR count). The standard InChI is InChI=1S/C20H21FN2O/c1-14-7-9-23(10-8-14)13-15-5-6-19-18(11-15)22-20(24-19)16-3-2-4-17(21)12-16/h2-6,11-12,14H,7-10,13H2,1H3. The minimum Gasteiger partial charge on any atom is -0.436 e. The lowest BCUT2D eigenvalue weighted by molar-refractivity contribution is 0.185. The van der Waals surface area contributed by atoms with Gasteiger partial charge in [0.25, 0.3) is 0 Å². The number of aromatic nitrogens is 1. The Hall–Kier alpha value is -2.20. The topological polar surface area (TPSA) is 29.3 Å². The zero-order valence-corrected chi connectivity index (χ0v) is 13.8. The van der Waals surface area contributed by atoms with Crippen molar-refractivity contribution in [2.75, 3.05) is 13.1 Å². The molecule has 0 atom stereocenters. The predicted octanol–water partition coefficient (Wildman–Crippen LogP) is 4.87. The summed E-state index contributed by atoms with van der Waals surface area (Å²) in [5, 5.41) is 0. The van der Waals surface area contributed by atoms with Crippen LogP contribution in [0.25, 0.3) is 22.6 Å². The van der Waals surface area contributed by atoms with Crippen molar-refractivity contribution in [3.63, 3.8) is 0 Å². The summed E-state index contributed by atoms with van der Waals surface area (Å²) in [6.07, 6.45) is 2.55. The van der Waals surface area contributed by atoms with Crippen molar-refractivity contribution in [1.82, 2.24) is 9.88 Å². The van der Waals surface area contributed by atoms with E-state index in [1.807, 2.05) is 12.1 Å². The highest BCUT2D eigenvalue weighted by atomic mass is 19.1. The number of piperidine rings is 1. The molecule has 24 heavy (non-hydrogen) atoms. The molecule has 0 spiro atoms. The molecule has 1 aliphatic heterocycles. The molecule has 1 aromatic heterocycles. The quantitative estimate of drug-likeness (QED) is 0.688. The van der Waals surface area contributed by atoms with E-state index in [9.17, 15) is 4.39 Å². The van der Waals surface area contributed by atoms with E-state index in [1.54, 1.807) is 6.07 Å². The van der Waals surface area contributed by atoms with Crippen molar-refractivity contribution in [2.24, 2.45) is 5.92 Å². The highest BCUT2D eigenvalue weighted by Crippen LogP contribution is 2.26. The number of rotatable bonds is 3. The third kappa shape index (κ3) is 3.20. The molecule has 0 aliphatic carbocycles. The SMILES string of the molecule is CC1CCN(Cc2ccc3oc(-c4cccc(F)c4)nc3c2)CC1. The minimum atomic E-state index is -0.283. The predicted molar refractivity (Wildman–Crippen MR) is 93.1 cm³/mol. The molecule has 3 nitrogen and oxygen atoms in total. The molecule has 0 amide bonds. The molecule has 1 aliphatic rings. The minimum absolute atomic E-state index is 0.283. The van der Waals surface area contributed by atoms with Crippen LogP contribution >= 0.6 is 0 Å². The Morgan fingerprint density at radius 1 is 1.17 bits per heavy atom. The molecular formula is C20H21FN2O. The number of nitrogens with zero attached hydrogens (tertiary/aromatic N) is 2. The maximum Gasteiger partial charge on any atom is 0.227 e. The van der Waals surface area contributed by atoms with Crippen LogP contribution in [0.15, 0.2) is 46.9 Å². The Morgan fingerprint density at radius 3 is 2.79 bits per heavy atom. The molecule has 3 aromatic rings. The molecule has 0 saturated carbocycles. The van der Waals surface area contributed by atoms with E-state index in [-0.39, 0.29) is 5.82 Å². The first kappa shape index (κ1) is 15.3. The molecule has 0 radical (unpaired) electrons. The fourth-order valence-electron chi connectivity index (χ4n) is 3.29. The average molecular weight is 324 g/mol. The molecule has 0 bridgehead atoms. The molecule has 2 heterocycles. The second-order valence-electron chi connectivity index (χ2n) is 6.79. The van der Waals surface area contributed by atoms with Crippen LogP contribution in [-0.4, -0.2) is 23.0 Å². The molecular weight excluding hydrogens is 303 g/mol. The van der Waals surface area contributed by atoms with Gasteiger partial charge in [0.15, 0.2) is 5.58 Å². The van der Waals surface area contributed by atoms with Crippen LogP contribution in [0.2, 0.25) is 0 Å². The summed E-state index contributed by atoms with van der Waals surface area (Å²) in [5.74, 6) is 1.02. The average Bonchev–Trinajstić information content (AvgIpc) is 3.00. The maximum atomic E-state index is 13.4. The second-order valence-corrected chi connectivity index (χ2v) is 6.79. The monoisotopic (exact) mass is 324 g/mol. The normalized spacial score (nSPS) is 16.8. The van der Waals surface area contributed by atoms with Crippen LogP contribution in [-0.2, 0) is 6.54 Å². The Balaban J connectivity index is 1.57. The Morgan fingerprint density at radius 2 is 2.00 bits per heavy atom. The van der Waals surface area contributed by atoms with Gasteiger partial charge < -0.3 is 4.42 Å². The van der Waals surface area contributed by atoms with Gasteiger partial charge in [-0.2, -0.15) is 0 Å². The molecule has 124 valence electrons. The van der Waals surface area contributed by atoms with Gasteiger partial charge in [-0.05, 0) is 67.7 Å².